The third kappa shape index (κ3) is 6.62. The summed E-state index contributed by atoms with van der Waals surface area (Å²) in [5, 5.41) is 31.5. The lowest BCUT2D eigenvalue weighted by atomic mass is 10.0. The minimum atomic E-state index is -4.88. The van der Waals surface area contributed by atoms with Crippen molar-refractivity contribution in [1.29, 1.82) is 5.26 Å². The number of carbonyl (C=O) groups excluding carboxylic acids is 1. The molecule has 2 rings (SSSR count). The molecule has 1 atom stereocenters. The summed E-state index contributed by atoms with van der Waals surface area (Å²) in [6.45, 7) is 5.90. The van der Waals surface area contributed by atoms with Crippen LogP contribution in [0.1, 0.15) is 30.5 Å². The summed E-state index contributed by atoms with van der Waals surface area (Å²) in [7, 11) is -4.36. The fraction of sp³-hybridized carbons (Fsp3) is 0.200. The Morgan fingerprint density at radius 1 is 1.22 bits per heavy atom. The first-order chi connectivity index (χ1) is 16.7. The Balaban J connectivity index is 2.38. The largest absolute Gasteiger partial charge is 0.508 e. The second-order valence-electron chi connectivity index (χ2n) is 7.88. The molecule has 0 aromatic heterocycles. The SMILES string of the molecule is C=C/C=C(\C(=C/C)S(=O)(=O)CC(C)(O)C(=O)Nc1ccc(C#N)c(C(F)(F)F)c1)c1cccc(O)c1. The number of hydrogen-bond acceptors (Lipinski definition) is 6. The van der Waals surface area contributed by atoms with Gasteiger partial charge in [0.2, 0.25) is 0 Å². The van der Waals surface area contributed by atoms with Gasteiger partial charge in [0, 0.05) is 11.3 Å². The van der Waals surface area contributed by atoms with E-state index in [1.54, 1.807) is 6.07 Å². The number of phenols is 1. The van der Waals surface area contributed by atoms with Crippen molar-refractivity contribution in [3.63, 3.8) is 0 Å². The number of phenolic OH excluding ortho intramolecular Hbond substituents is 1. The number of nitrogens with zero attached hydrogens (tertiary/aromatic N) is 1. The highest BCUT2D eigenvalue weighted by Crippen LogP contribution is 2.34. The number of aromatic hydroxyl groups is 1. The average molecular weight is 521 g/mol. The van der Waals surface area contributed by atoms with E-state index in [1.807, 2.05) is 0 Å². The van der Waals surface area contributed by atoms with Gasteiger partial charge in [-0.1, -0.05) is 36.9 Å². The van der Waals surface area contributed by atoms with Gasteiger partial charge in [-0.05, 0) is 49.7 Å². The Labute approximate surface area is 206 Å². The molecule has 1 amide bonds. The first-order valence-electron chi connectivity index (χ1n) is 10.3. The van der Waals surface area contributed by atoms with Crippen molar-refractivity contribution in [2.75, 3.05) is 11.1 Å². The Bertz CT molecular complexity index is 1390. The summed E-state index contributed by atoms with van der Waals surface area (Å²) in [5.41, 5.74) is -4.44. The van der Waals surface area contributed by atoms with Crippen LogP contribution in [0.5, 0.6) is 5.75 Å². The van der Waals surface area contributed by atoms with E-state index in [4.69, 9.17) is 5.26 Å². The highest BCUT2D eigenvalue weighted by molar-refractivity contribution is 7.95. The topological polar surface area (TPSA) is 127 Å². The molecule has 0 aliphatic carbocycles. The molecule has 0 saturated heterocycles. The first kappa shape index (κ1) is 28.4. The van der Waals surface area contributed by atoms with E-state index in [2.05, 4.69) is 11.9 Å². The van der Waals surface area contributed by atoms with Gasteiger partial charge < -0.3 is 15.5 Å². The van der Waals surface area contributed by atoms with Crippen molar-refractivity contribution in [3.05, 3.63) is 88.9 Å². The number of rotatable bonds is 8. The number of carbonyl (C=O) groups is 1. The molecule has 2 aromatic carbocycles. The van der Waals surface area contributed by atoms with Crippen LogP contribution in [-0.4, -0.2) is 35.9 Å². The predicted molar refractivity (Wildman–Crippen MR) is 129 cm³/mol. The summed E-state index contributed by atoms with van der Waals surface area (Å²) in [6, 6.07) is 9.56. The van der Waals surface area contributed by atoms with Gasteiger partial charge in [-0.25, -0.2) is 8.42 Å². The second kappa shape index (κ2) is 10.8. The van der Waals surface area contributed by atoms with Gasteiger partial charge in [0.1, 0.15) is 5.75 Å². The number of aliphatic hydroxyl groups is 1. The van der Waals surface area contributed by atoms with Crippen molar-refractivity contribution >= 4 is 27.0 Å². The van der Waals surface area contributed by atoms with Crippen molar-refractivity contribution in [3.8, 4) is 11.8 Å². The maximum absolute atomic E-state index is 13.2. The Hall–Kier alpha value is -3.88. The Morgan fingerprint density at radius 2 is 1.89 bits per heavy atom. The van der Waals surface area contributed by atoms with Crippen LogP contribution in [0.3, 0.4) is 0 Å². The summed E-state index contributed by atoms with van der Waals surface area (Å²) in [5.74, 6) is -2.51. The number of sulfone groups is 1. The van der Waals surface area contributed by atoms with Gasteiger partial charge in [0.15, 0.2) is 15.4 Å². The number of allylic oxidation sites excluding steroid dienone is 4. The van der Waals surface area contributed by atoms with Crippen LogP contribution in [0.25, 0.3) is 5.57 Å². The molecule has 0 saturated carbocycles. The molecule has 7 nitrogen and oxygen atoms in total. The molecule has 2 aromatic rings. The molecule has 0 bridgehead atoms. The van der Waals surface area contributed by atoms with Gasteiger partial charge in [-0.3, -0.25) is 4.79 Å². The molecule has 3 N–H and O–H groups in total. The molecule has 190 valence electrons. The third-order valence-electron chi connectivity index (χ3n) is 4.97. The molecule has 0 fully saturated rings. The third-order valence-corrected chi connectivity index (χ3v) is 7.04. The number of halogens is 3. The highest BCUT2D eigenvalue weighted by atomic mass is 32.2. The van der Waals surface area contributed by atoms with Crippen LogP contribution in [0.15, 0.2) is 72.2 Å². The Morgan fingerprint density at radius 3 is 2.42 bits per heavy atom. The lowest BCUT2D eigenvalue weighted by Crippen LogP contribution is -2.46. The van der Waals surface area contributed by atoms with Crippen molar-refractivity contribution in [1.82, 2.24) is 0 Å². The predicted octanol–water partition coefficient (Wildman–Crippen LogP) is 4.56. The zero-order valence-electron chi connectivity index (χ0n) is 19.3. The van der Waals surface area contributed by atoms with E-state index in [1.165, 1.54) is 49.4 Å². The van der Waals surface area contributed by atoms with Gasteiger partial charge >= 0.3 is 6.18 Å². The van der Waals surface area contributed by atoms with Gasteiger partial charge in [-0.2, -0.15) is 18.4 Å². The second-order valence-corrected chi connectivity index (χ2v) is 9.83. The lowest BCUT2D eigenvalue weighted by molar-refractivity contribution is -0.137. The standard InChI is InChI=1S/C25H23F3N2O5S/c1-4-7-20(16-8-6-9-19(31)12-16)22(5-2)36(34,35)15-24(3,33)23(32)30-18-11-10-17(14-29)21(13-18)25(26,27)28/h4-13,31,33H,1,15H2,2-3H3,(H,30,32)/b20-7-,22-5+. The number of benzene rings is 2. The molecule has 0 radical (unpaired) electrons. The van der Waals surface area contributed by atoms with Crippen LogP contribution in [-0.2, 0) is 20.8 Å². The number of nitriles is 1. The smallest absolute Gasteiger partial charge is 0.417 e. The number of amides is 1. The average Bonchev–Trinajstić information content (AvgIpc) is 2.77. The molecule has 11 heteroatoms. The lowest BCUT2D eigenvalue weighted by Gasteiger charge is -2.24. The zero-order valence-corrected chi connectivity index (χ0v) is 20.1. The van der Waals surface area contributed by atoms with E-state index in [0.29, 0.717) is 11.6 Å². The summed E-state index contributed by atoms with van der Waals surface area (Å²) in [6.07, 6.45) is -0.921. The summed E-state index contributed by atoms with van der Waals surface area (Å²) in [4.78, 5) is 12.4. The van der Waals surface area contributed by atoms with E-state index < -0.39 is 44.4 Å². The molecule has 0 spiro atoms. The van der Waals surface area contributed by atoms with Gasteiger partial charge in [0.05, 0.1) is 27.9 Å². The quantitative estimate of drug-likeness (QED) is 0.438. The minimum Gasteiger partial charge on any atom is -0.508 e. The summed E-state index contributed by atoms with van der Waals surface area (Å²) < 4.78 is 66.1. The van der Waals surface area contributed by atoms with E-state index >= 15 is 0 Å². The molecule has 0 heterocycles. The fourth-order valence-corrected chi connectivity index (χ4v) is 5.25. The van der Waals surface area contributed by atoms with Gasteiger partial charge in [0.25, 0.3) is 5.91 Å². The maximum atomic E-state index is 13.2. The first-order valence-corrected chi connectivity index (χ1v) is 12.0. The Kier molecular flexibility index (Phi) is 8.51. The molecular weight excluding hydrogens is 497 g/mol. The molecule has 0 aliphatic rings. The highest BCUT2D eigenvalue weighted by Gasteiger charge is 2.39. The zero-order chi connectivity index (χ0) is 27.3. The number of hydrogen-bond donors (Lipinski definition) is 3. The van der Waals surface area contributed by atoms with Crippen LogP contribution in [0.4, 0.5) is 18.9 Å². The number of nitrogens with one attached hydrogen (secondary N) is 1. The normalized spacial score (nSPS) is 14.5. The maximum Gasteiger partial charge on any atom is 0.417 e. The van der Waals surface area contributed by atoms with E-state index in [9.17, 15) is 36.6 Å². The fourth-order valence-electron chi connectivity index (χ4n) is 3.35. The molecular formula is C25H23F3N2O5S. The minimum absolute atomic E-state index is 0.123. The molecule has 0 aliphatic heterocycles. The van der Waals surface area contributed by atoms with Crippen LogP contribution in [0.2, 0.25) is 0 Å². The van der Waals surface area contributed by atoms with E-state index in [0.717, 1.165) is 19.1 Å². The van der Waals surface area contributed by atoms with Crippen LogP contribution < -0.4 is 5.32 Å². The van der Waals surface area contributed by atoms with Crippen molar-refractivity contribution in [2.45, 2.75) is 25.6 Å². The van der Waals surface area contributed by atoms with Gasteiger partial charge in [-0.15, -0.1) is 0 Å². The van der Waals surface area contributed by atoms with Crippen molar-refractivity contribution < 1.29 is 36.6 Å². The van der Waals surface area contributed by atoms with Crippen LogP contribution in [0, 0.1) is 11.3 Å². The monoisotopic (exact) mass is 520 g/mol. The molecule has 36 heavy (non-hydrogen) atoms. The summed E-state index contributed by atoms with van der Waals surface area (Å²) >= 11 is 0. The van der Waals surface area contributed by atoms with E-state index in [-0.39, 0.29) is 21.9 Å². The number of anilines is 1. The van der Waals surface area contributed by atoms with Crippen molar-refractivity contribution in [2.24, 2.45) is 0 Å². The number of alkyl halides is 3. The van der Waals surface area contributed by atoms with Crippen LogP contribution >= 0.6 is 0 Å². The molecule has 1 unspecified atom stereocenters.